The van der Waals surface area contributed by atoms with Crippen LogP contribution in [0.5, 0.6) is 0 Å². The maximum atomic E-state index is 5.50. The Bertz CT molecular complexity index is 124. The van der Waals surface area contributed by atoms with Gasteiger partial charge in [-0.15, -0.1) is 0 Å². The highest BCUT2D eigenvalue weighted by Gasteiger charge is 2.40. The van der Waals surface area contributed by atoms with Gasteiger partial charge in [0.15, 0.2) is 0 Å². The van der Waals surface area contributed by atoms with Crippen molar-refractivity contribution in [1.29, 1.82) is 0 Å². The summed E-state index contributed by atoms with van der Waals surface area (Å²) in [5, 5.41) is 0. The molecule has 0 radical (unpaired) electrons. The lowest BCUT2D eigenvalue weighted by Gasteiger charge is -2.14. The third-order valence-corrected chi connectivity index (χ3v) is 4.02. The molecule has 2 saturated carbocycles. The fourth-order valence-corrected chi connectivity index (χ4v) is 3.38. The SMILES string of the molecule is NCCCCC1C2CCC1CC2. The van der Waals surface area contributed by atoms with Crippen LogP contribution in [0.4, 0.5) is 0 Å². The van der Waals surface area contributed by atoms with E-state index in [-0.39, 0.29) is 0 Å². The highest BCUT2D eigenvalue weighted by molar-refractivity contribution is 4.91. The molecule has 0 atom stereocenters. The van der Waals surface area contributed by atoms with Crippen LogP contribution >= 0.6 is 0 Å². The third kappa shape index (κ3) is 1.52. The van der Waals surface area contributed by atoms with Gasteiger partial charge in [0.2, 0.25) is 0 Å². The number of nitrogens with two attached hydrogens (primary N) is 1. The molecule has 0 unspecified atom stereocenters. The molecule has 0 aliphatic heterocycles. The van der Waals surface area contributed by atoms with Crippen molar-refractivity contribution in [2.45, 2.75) is 44.9 Å². The van der Waals surface area contributed by atoms with Gasteiger partial charge in [0.25, 0.3) is 0 Å². The largest absolute Gasteiger partial charge is 0.330 e. The molecule has 2 fully saturated rings. The molecule has 2 rings (SSSR count). The van der Waals surface area contributed by atoms with Crippen LogP contribution in [0.2, 0.25) is 0 Å². The van der Waals surface area contributed by atoms with Crippen LogP contribution < -0.4 is 5.73 Å². The molecule has 0 saturated heterocycles. The zero-order chi connectivity index (χ0) is 8.39. The molecule has 0 spiro atoms. The van der Waals surface area contributed by atoms with E-state index < -0.39 is 0 Å². The summed E-state index contributed by atoms with van der Waals surface area (Å²) in [7, 11) is 0. The summed E-state index contributed by atoms with van der Waals surface area (Å²) in [5.41, 5.74) is 5.50. The van der Waals surface area contributed by atoms with E-state index in [9.17, 15) is 0 Å². The summed E-state index contributed by atoms with van der Waals surface area (Å²) in [6.45, 7) is 0.891. The first-order valence-electron chi connectivity index (χ1n) is 5.62. The lowest BCUT2D eigenvalue weighted by molar-refractivity contribution is 0.364. The highest BCUT2D eigenvalue weighted by atomic mass is 14.5. The molecule has 2 aliphatic rings. The third-order valence-electron chi connectivity index (χ3n) is 4.02. The van der Waals surface area contributed by atoms with Crippen LogP contribution in [0.25, 0.3) is 0 Å². The highest BCUT2D eigenvalue weighted by Crippen LogP contribution is 2.51. The van der Waals surface area contributed by atoms with Crippen molar-refractivity contribution in [3.63, 3.8) is 0 Å². The molecular weight excluding hydrogens is 146 g/mol. The lowest BCUT2D eigenvalue weighted by atomic mass is 9.92. The maximum Gasteiger partial charge on any atom is -0.00773 e. The summed E-state index contributed by atoms with van der Waals surface area (Å²) in [6.07, 6.45) is 10.3. The molecule has 2 aliphatic carbocycles. The summed E-state index contributed by atoms with van der Waals surface area (Å²) in [5.74, 6) is 3.34. The minimum Gasteiger partial charge on any atom is -0.330 e. The Morgan fingerprint density at radius 1 is 0.917 bits per heavy atom. The van der Waals surface area contributed by atoms with Gasteiger partial charge in [0.1, 0.15) is 0 Å². The van der Waals surface area contributed by atoms with E-state index in [2.05, 4.69) is 0 Å². The number of fused-ring (bicyclic) bond motifs is 2. The molecule has 70 valence electrons. The second kappa shape index (κ2) is 3.78. The van der Waals surface area contributed by atoms with E-state index in [4.69, 9.17) is 5.73 Å². The van der Waals surface area contributed by atoms with E-state index in [0.29, 0.717) is 0 Å². The Balaban J connectivity index is 1.74. The smallest absolute Gasteiger partial charge is 0.00773 e. The molecule has 0 aromatic carbocycles. The van der Waals surface area contributed by atoms with Crippen molar-refractivity contribution < 1.29 is 0 Å². The van der Waals surface area contributed by atoms with Gasteiger partial charge in [0.05, 0.1) is 0 Å². The molecular formula is C11H21N. The molecule has 12 heavy (non-hydrogen) atoms. The van der Waals surface area contributed by atoms with E-state index >= 15 is 0 Å². The summed E-state index contributed by atoms with van der Waals surface area (Å²) in [6, 6.07) is 0. The van der Waals surface area contributed by atoms with Gasteiger partial charge in [-0.25, -0.2) is 0 Å². The fraction of sp³-hybridized carbons (Fsp3) is 1.00. The van der Waals surface area contributed by atoms with Crippen molar-refractivity contribution >= 4 is 0 Å². The van der Waals surface area contributed by atoms with Crippen molar-refractivity contribution in [1.82, 2.24) is 0 Å². The van der Waals surface area contributed by atoms with Gasteiger partial charge in [-0.05, 0) is 62.8 Å². The molecule has 0 aromatic heterocycles. The minimum atomic E-state index is 0.891. The molecule has 0 aromatic rings. The first kappa shape index (κ1) is 8.55. The van der Waals surface area contributed by atoms with Gasteiger partial charge < -0.3 is 5.73 Å². The van der Waals surface area contributed by atoms with Crippen LogP contribution in [0.3, 0.4) is 0 Å². The normalized spacial score (nSPS) is 39.2. The van der Waals surface area contributed by atoms with Crippen LogP contribution in [0.15, 0.2) is 0 Å². The number of hydrogen-bond acceptors (Lipinski definition) is 1. The number of rotatable bonds is 4. The second-order valence-electron chi connectivity index (χ2n) is 4.62. The second-order valence-corrected chi connectivity index (χ2v) is 4.62. The van der Waals surface area contributed by atoms with Crippen molar-refractivity contribution in [2.75, 3.05) is 6.54 Å². The average Bonchev–Trinajstić information content (AvgIpc) is 2.65. The van der Waals surface area contributed by atoms with Crippen molar-refractivity contribution in [3.8, 4) is 0 Å². The zero-order valence-corrected chi connectivity index (χ0v) is 7.97. The van der Waals surface area contributed by atoms with Crippen LogP contribution in [0.1, 0.15) is 44.9 Å². The van der Waals surface area contributed by atoms with Crippen LogP contribution in [-0.2, 0) is 0 Å². The van der Waals surface area contributed by atoms with E-state index in [1.807, 2.05) is 0 Å². The molecule has 2 N–H and O–H groups in total. The zero-order valence-electron chi connectivity index (χ0n) is 7.97. The van der Waals surface area contributed by atoms with Crippen LogP contribution in [0, 0.1) is 17.8 Å². The van der Waals surface area contributed by atoms with Gasteiger partial charge in [-0.2, -0.15) is 0 Å². The standard InChI is InChI=1S/C11H21N/c12-8-2-1-3-11-9-4-5-10(11)7-6-9/h9-11H,1-8,12H2. The van der Waals surface area contributed by atoms with Crippen molar-refractivity contribution in [3.05, 3.63) is 0 Å². The Morgan fingerprint density at radius 2 is 1.50 bits per heavy atom. The van der Waals surface area contributed by atoms with E-state index in [1.165, 1.54) is 44.9 Å². The molecule has 1 heteroatoms. The van der Waals surface area contributed by atoms with Gasteiger partial charge in [-0.1, -0.05) is 6.42 Å². The fourth-order valence-electron chi connectivity index (χ4n) is 3.38. The molecule has 1 nitrogen and oxygen atoms in total. The van der Waals surface area contributed by atoms with Crippen molar-refractivity contribution in [2.24, 2.45) is 23.5 Å². The quantitative estimate of drug-likeness (QED) is 0.640. The Kier molecular flexibility index (Phi) is 2.69. The first-order valence-corrected chi connectivity index (χ1v) is 5.62. The molecule has 0 heterocycles. The van der Waals surface area contributed by atoms with Gasteiger partial charge >= 0.3 is 0 Å². The van der Waals surface area contributed by atoms with Gasteiger partial charge in [0, 0.05) is 0 Å². The monoisotopic (exact) mass is 167 g/mol. The topological polar surface area (TPSA) is 26.0 Å². The summed E-state index contributed by atoms with van der Waals surface area (Å²) >= 11 is 0. The Labute approximate surface area is 75.7 Å². The summed E-state index contributed by atoms with van der Waals surface area (Å²) < 4.78 is 0. The Morgan fingerprint density at radius 3 is 2.00 bits per heavy atom. The molecule has 0 amide bonds. The maximum absolute atomic E-state index is 5.50. The Hall–Kier alpha value is -0.0400. The summed E-state index contributed by atoms with van der Waals surface area (Å²) in [4.78, 5) is 0. The number of hydrogen-bond donors (Lipinski definition) is 1. The first-order chi connectivity index (χ1) is 5.92. The van der Waals surface area contributed by atoms with E-state index in [1.54, 1.807) is 0 Å². The predicted molar refractivity (Wildman–Crippen MR) is 51.8 cm³/mol. The number of unbranched alkanes of at least 4 members (excludes halogenated alkanes) is 1. The minimum absolute atomic E-state index is 0.891. The lowest BCUT2D eigenvalue weighted by Crippen LogP contribution is -2.07. The predicted octanol–water partition coefficient (Wildman–Crippen LogP) is 2.55. The average molecular weight is 167 g/mol. The van der Waals surface area contributed by atoms with Crippen LogP contribution in [-0.4, -0.2) is 6.54 Å². The van der Waals surface area contributed by atoms with E-state index in [0.717, 1.165) is 24.3 Å². The van der Waals surface area contributed by atoms with Gasteiger partial charge in [-0.3, -0.25) is 0 Å². The molecule has 2 bridgehead atoms.